The highest BCUT2D eigenvalue weighted by Gasteiger charge is 2.01. The summed E-state index contributed by atoms with van der Waals surface area (Å²) in [4.78, 5) is 10.3. The van der Waals surface area contributed by atoms with E-state index in [2.05, 4.69) is 6.92 Å². The second kappa shape index (κ2) is 26.3. The molecule has 194 valence electrons. The highest BCUT2D eigenvalue weighted by molar-refractivity contribution is 5.66. The molecule has 1 rings (SSSR count). The van der Waals surface area contributed by atoms with E-state index in [1.54, 1.807) is 0 Å². The highest BCUT2D eigenvalue weighted by Crippen LogP contribution is 2.32. The molecular formula is C26H48O7. The Morgan fingerprint density at radius 1 is 0.636 bits per heavy atom. The minimum Gasteiger partial charge on any atom is -0.504 e. The predicted molar refractivity (Wildman–Crippen MR) is 133 cm³/mol. The van der Waals surface area contributed by atoms with E-state index in [1.807, 2.05) is 0 Å². The number of carbonyl (C=O) groups is 1. The summed E-state index contributed by atoms with van der Waals surface area (Å²) in [6.07, 6.45) is 20.2. The number of carboxylic acid groups (broad SMARTS) is 1. The van der Waals surface area contributed by atoms with Gasteiger partial charge in [-0.3, -0.25) is 4.79 Å². The monoisotopic (exact) mass is 472 g/mol. The molecule has 0 heterocycles. The number of para-hydroxylation sites is 1. The van der Waals surface area contributed by atoms with E-state index in [-0.39, 0.29) is 24.7 Å². The minimum absolute atomic E-state index is 0.125. The van der Waals surface area contributed by atoms with Gasteiger partial charge in [-0.1, -0.05) is 103 Å². The molecule has 0 amide bonds. The molecule has 1 aromatic rings. The van der Waals surface area contributed by atoms with Crippen LogP contribution in [-0.4, -0.2) is 49.8 Å². The molecule has 1 aromatic carbocycles. The number of rotatable bonds is 17. The van der Waals surface area contributed by atoms with Crippen molar-refractivity contribution in [2.24, 2.45) is 0 Å². The summed E-state index contributed by atoms with van der Waals surface area (Å²) >= 11 is 0. The van der Waals surface area contributed by atoms with E-state index in [4.69, 9.17) is 30.6 Å². The zero-order chi connectivity index (χ0) is 25.2. The fourth-order valence-electron chi connectivity index (χ4n) is 3.17. The lowest BCUT2D eigenvalue weighted by Crippen LogP contribution is -1.93. The molecule has 0 aliphatic carbocycles. The number of aliphatic carboxylic acids is 1. The number of aliphatic hydroxyl groups is 2. The fraction of sp³-hybridized carbons (Fsp3) is 0.731. The Morgan fingerprint density at radius 3 is 1.24 bits per heavy atom. The summed E-state index contributed by atoms with van der Waals surface area (Å²) in [6, 6.07) is 4.01. The number of hydrogen-bond donors (Lipinski definition) is 6. The van der Waals surface area contributed by atoms with Crippen LogP contribution >= 0.6 is 0 Å². The van der Waals surface area contributed by atoms with E-state index in [0.29, 0.717) is 6.42 Å². The van der Waals surface area contributed by atoms with Crippen LogP contribution in [0.2, 0.25) is 0 Å². The van der Waals surface area contributed by atoms with E-state index in [0.717, 1.165) is 12.8 Å². The SMILES string of the molecule is CCCCCCCCCCCCCCCCCC(=O)O.OCCO.Oc1cccc(O)c1O. The van der Waals surface area contributed by atoms with Crippen molar-refractivity contribution in [2.45, 2.75) is 110 Å². The van der Waals surface area contributed by atoms with Crippen molar-refractivity contribution in [2.75, 3.05) is 13.2 Å². The summed E-state index contributed by atoms with van der Waals surface area (Å²) in [5, 5.41) is 49.9. The van der Waals surface area contributed by atoms with Crippen molar-refractivity contribution in [3.05, 3.63) is 18.2 Å². The van der Waals surface area contributed by atoms with Gasteiger partial charge < -0.3 is 30.6 Å². The topological polar surface area (TPSA) is 138 Å². The first-order chi connectivity index (χ1) is 15.9. The van der Waals surface area contributed by atoms with Gasteiger partial charge in [0.25, 0.3) is 0 Å². The average molecular weight is 473 g/mol. The summed E-state index contributed by atoms with van der Waals surface area (Å²) < 4.78 is 0. The second-order valence-corrected chi connectivity index (χ2v) is 8.19. The molecule has 0 aliphatic rings. The number of aliphatic hydroxyl groups excluding tert-OH is 2. The third-order valence-corrected chi connectivity index (χ3v) is 5.09. The smallest absolute Gasteiger partial charge is 0.303 e. The standard InChI is InChI=1S/C18H36O2.C6H6O3.C2H6O2/c1-2-3-4-5-6-7-8-9-10-11-12-13-14-15-16-17-18(19)20;7-4-2-1-3-5(8)6(4)9;3-1-2-4/h2-17H2,1H3,(H,19,20);1-3,7-9H;3-4H,1-2H2. The molecule has 0 aliphatic heterocycles. The Morgan fingerprint density at radius 2 is 0.970 bits per heavy atom. The first kappa shape index (κ1) is 33.2. The van der Waals surface area contributed by atoms with Crippen LogP contribution < -0.4 is 0 Å². The van der Waals surface area contributed by atoms with Crippen molar-refractivity contribution < 1.29 is 35.4 Å². The molecule has 0 unspecified atom stereocenters. The Bertz CT molecular complexity index is 527. The minimum atomic E-state index is -0.653. The highest BCUT2D eigenvalue weighted by atomic mass is 16.4. The third kappa shape index (κ3) is 26.1. The largest absolute Gasteiger partial charge is 0.504 e. The van der Waals surface area contributed by atoms with Gasteiger partial charge in [0.05, 0.1) is 13.2 Å². The summed E-state index contributed by atoms with van der Waals surface area (Å²) in [5.41, 5.74) is 0. The van der Waals surface area contributed by atoms with Crippen molar-refractivity contribution in [3.8, 4) is 17.2 Å². The lowest BCUT2D eigenvalue weighted by atomic mass is 10.0. The second-order valence-electron chi connectivity index (χ2n) is 8.19. The van der Waals surface area contributed by atoms with E-state index < -0.39 is 11.7 Å². The number of hydrogen-bond acceptors (Lipinski definition) is 6. The van der Waals surface area contributed by atoms with E-state index in [1.165, 1.54) is 102 Å². The summed E-state index contributed by atoms with van der Waals surface area (Å²) in [7, 11) is 0. The molecule has 0 aromatic heterocycles. The molecule has 0 bridgehead atoms. The van der Waals surface area contributed by atoms with Crippen LogP contribution in [0.1, 0.15) is 110 Å². The zero-order valence-corrected chi connectivity index (χ0v) is 20.6. The Kier molecular flexibility index (Phi) is 26.4. The number of unbranched alkanes of at least 4 members (excludes halogenated alkanes) is 14. The number of phenols is 3. The van der Waals surface area contributed by atoms with Gasteiger partial charge in [-0.15, -0.1) is 0 Å². The van der Waals surface area contributed by atoms with Crippen LogP contribution in [0.15, 0.2) is 18.2 Å². The lowest BCUT2D eigenvalue weighted by molar-refractivity contribution is -0.137. The molecule has 7 nitrogen and oxygen atoms in total. The van der Waals surface area contributed by atoms with Crippen LogP contribution in [0.3, 0.4) is 0 Å². The van der Waals surface area contributed by atoms with Crippen LogP contribution in [0.4, 0.5) is 0 Å². The van der Waals surface area contributed by atoms with Gasteiger partial charge >= 0.3 is 5.97 Å². The molecule has 0 atom stereocenters. The fourth-order valence-corrected chi connectivity index (χ4v) is 3.17. The normalized spacial score (nSPS) is 10.0. The number of carboxylic acids is 1. The van der Waals surface area contributed by atoms with Crippen molar-refractivity contribution >= 4 is 5.97 Å². The predicted octanol–water partition coefficient (Wildman–Crippen LogP) is 6.11. The lowest BCUT2D eigenvalue weighted by Gasteiger charge is -2.03. The van der Waals surface area contributed by atoms with Gasteiger partial charge in [-0.05, 0) is 18.6 Å². The van der Waals surface area contributed by atoms with Crippen molar-refractivity contribution in [1.82, 2.24) is 0 Å². The molecule has 0 saturated heterocycles. The molecule has 6 N–H and O–H groups in total. The van der Waals surface area contributed by atoms with Gasteiger partial charge in [-0.25, -0.2) is 0 Å². The molecular weight excluding hydrogens is 424 g/mol. The van der Waals surface area contributed by atoms with Gasteiger partial charge in [0.2, 0.25) is 0 Å². The van der Waals surface area contributed by atoms with Gasteiger partial charge in [0.15, 0.2) is 17.2 Å². The first-order valence-electron chi connectivity index (χ1n) is 12.5. The number of benzene rings is 1. The van der Waals surface area contributed by atoms with Crippen LogP contribution in [0.5, 0.6) is 17.2 Å². The molecule has 0 radical (unpaired) electrons. The third-order valence-electron chi connectivity index (χ3n) is 5.09. The van der Waals surface area contributed by atoms with Crippen LogP contribution in [-0.2, 0) is 4.79 Å². The Hall–Kier alpha value is -1.99. The molecule has 33 heavy (non-hydrogen) atoms. The van der Waals surface area contributed by atoms with Gasteiger partial charge in [0, 0.05) is 6.42 Å². The maximum atomic E-state index is 10.3. The summed E-state index contributed by atoms with van der Waals surface area (Å²) in [6.45, 7) is 2.02. The van der Waals surface area contributed by atoms with Gasteiger partial charge in [0.1, 0.15) is 0 Å². The van der Waals surface area contributed by atoms with Crippen LogP contribution in [0, 0.1) is 0 Å². The van der Waals surface area contributed by atoms with Crippen molar-refractivity contribution in [3.63, 3.8) is 0 Å². The maximum absolute atomic E-state index is 10.3. The Labute approximate surface area is 200 Å². The Balaban J connectivity index is 0. The number of phenolic OH excluding ortho intramolecular Hbond substituents is 3. The maximum Gasteiger partial charge on any atom is 0.303 e. The molecule has 0 fully saturated rings. The van der Waals surface area contributed by atoms with Crippen LogP contribution in [0.25, 0.3) is 0 Å². The van der Waals surface area contributed by atoms with Crippen molar-refractivity contribution in [1.29, 1.82) is 0 Å². The first-order valence-corrected chi connectivity index (χ1v) is 12.5. The van der Waals surface area contributed by atoms with E-state index in [9.17, 15) is 4.79 Å². The quantitative estimate of drug-likeness (QED) is 0.119. The van der Waals surface area contributed by atoms with E-state index >= 15 is 0 Å². The molecule has 0 saturated carbocycles. The molecule has 7 heteroatoms. The summed E-state index contributed by atoms with van der Waals surface area (Å²) in [5.74, 6) is -1.75. The zero-order valence-electron chi connectivity index (χ0n) is 20.6. The van der Waals surface area contributed by atoms with Gasteiger partial charge in [-0.2, -0.15) is 0 Å². The molecule has 0 spiro atoms. The average Bonchev–Trinajstić information content (AvgIpc) is 2.80. The number of aromatic hydroxyl groups is 3.